The number of rotatable bonds is 4. The van der Waals surface area contributed by atoms with Gasteiger partial charge >= 0.3 is 5.97 Å². The van der Waals surface area contributed by atoms with Gasteiger partial charge in [0.25, 0.3) is 5.69 Å². The summed E-state index contributed by atoms with van der Waals surface area (Å²) in [5.41, 5.74) is -0.179. The molecule has 0 unspecified atom stereocenters. The van der Waals surface area contributed by atoms with Crippen LogP contribution < -0.4 is 4.74 Å². The number of halogens is 1. The number of hydrogen-bond acceptors (Lipinski definition) is 6. The lowest BCUT2D eigenvalue weighted by Gasteiger charge is -2.27. The molecule has 1 aliphatic rings. The van der Waals surface area contributed by atoms with E-state index in [9.17, 15) is 14.9 Å². The van der Waals surface area contributed by atoms with E-state index in [0.717, 1.165) is 6.20 Å². The van der Waals surface area contributed by atoms with Gasteiger partial charge in [0.2, 0.25) is 5.88 Å². The molecule has 114 valence electrons. The topological polar surface area (TPSA) is 91.6 Å². The molecule has 0 aliphatic heterocycles. The van der Waals surface area contributed by atoms with Gasteiger partial charge in [-0.2, -0.15) is 0 Å². The van der Waals surface area contributed by atoms with Gasteiger partial charge in [0.05, 0.1) is 18.0 Å². The molecule has 1 heterocycles. The number of methoxy groups -OCH3 is 1. The SMILES string of the molecule is COC(=O)[C@H]1CC[C@@H](Oc2ncc([N+](=O)[O-])cc2Cl)CC1. The normalized spacial score (nSPS) is 21.6. The van der Waals surface area contributed by atoms with Crippen molar-refractivity contribution in [1.82, 2.24) is 4.98 Å². The molecule has 0 saturated heterocycles. The van der Waals surface area contributed by atoms with E-state index in [2.05, 4.69) is 4.98 Å². The predicted molar refractivity (Wildman–Crippen MR) is 74.3 cm³/mol. The fourth-order valence-electron chi connectivity index (χ4n) is 2.34. The maximum atomic E-state index is 11.4. The van der Waals surface area contributed by atoms with E-state index in [0.29, 0.717) is 25.7 Å². The monoisotopic (exact) mass is 314 g/mol. The largest absolute Gasteiger partial charge is 0.473 e. The number of aromatic nitrogens is 1. The standard InChI is InChI=1S/C13H15ClN2O5/c1-20-13(17)8-2-4-10(5-3-8)21-12-11(14)6-9(7-15-12)16(18)19/h6-8,10H,2-5H2,1H3/t8-,10+. The Labute approximate surface area is 126 Å². The first-order valence-corrected chi connectivity index (χ1v) is 6.93. The van der Waals surface area contributed by atoms with Crippen LogP contribution in [0.2, 0.25) is 5.02 Å². The second-order valence-corrected chi connectivity index (χ2v) is 5.26. The lowest BCUT2D eigenvalue weighted by Crippen LogP contribution is -2.28. The van der Waals surface area contributed by atoms with Crippen molar-refractivity contribution in [3.8, 4) is 5.88 Å². The molecule has 0 spiro atoms. The zero-order chi connectivity index (χ0) is 15.4. The summed E-state index contributed by atoms with van der Waals surface area (Å²) in [6, 6.07) is 1.21. The minimum Gasteiger partial charge on any atom is -0.473 e. The van der Waals surface area contributed by atoms with Crippen molar-refractivity contribution in [1.29, 1.82) is 0 Å². The molecule has 1 aliphatic carbocycles. The Kier molecular flexibility index (Phi) is 4.95. The van der Waals surface area contributed by atoms with E-state index in [1.54, 1.807) is 0 Å². The van der Waals surface area contributed by atoms with Gasteiger partial charge in [-0.05, 0) is 25.7 Å². The highest BCUT2D eigenvalue weighted by Gasteiger charge is 2.28. The first kappa shape index (κ1) is 15.5. The van der Waals surface area contributed by atoms with Crippen LogP contribution >= 0.6 is 11.6 Å². The molecule has 1 aromatic rings. The molecule has 7 nitrogen and oxygen atoms in total. The van der Waals surface area contributed by atoms with E-state index in [1.165, 1.54) is 13.2 Å². The maximum Gasteiger partial charge on any atom is 0.308 e. The number of pyridine rings is 1. The zero-order valence-electron chi connectivity index (χ0n) is 11.5. The van der Waals surface area contributed by atoms with Crippen molar-refractivity contribution < 1.29 is 19.2 Å². The third-order valence-corrected chi connectivity index (χ3v) is 3.76. The molecule has 1 saturated carbocycles. The number of carbonyl (C=O) groups is 1. The first-order chi connectivity index (χ1) is 10.0. The van der Waals surface area contributed by atoms with E-state index in [4.69, 9.17) is 21.1 Å². The van der Waals surface area contributed by atoms with Crippen LogP contribution in [0.15, 0.2) is 12.3 Å². The van der Waals surface area contributed by atoms with Gasteiger partial charge in [0, 0.05) is 6.07 Å². The lowest BCUT2D eigenvalue weighted by molar-refractivity contribution is -0.385. The summed E-state index contributed by atoms with van der Waals surface area (Å²) >= 11 is 5.93. The molecule has 0 aromatic carbocycles. The number of carbonyl (C=O) groups excluding carboxylic acids is 1. The Morgan fingerprint density at radius 3 is 2.62 bits per heavy atom. The molecule has 0 bridgehead atoms. The number of hydrogen-bond donors (Lipinski definition) is 0. The van der Waals surface area contributed by atoms with Crippen molar-refractivity contribution in [3.63, 3.8) is 0 Å². The van der Waals surface area contributed by atoms with E-state index >= 15 is 0 Å². The summed E-state index contributed by atoms with van der Waals surface area (Å²) in [6.45, 7) is 0. The Bertz CT molecular complexity index is 543. The minimum absolute atomic E-state index is 0.0878. The van der Waals surface area contributed by atoms with E-state index in [-0.39, 0.29) is 34.6 Å². The second kappa shape index (κ2) is 6.71. The second-order valence-electron chi connectivity index (χ2n) is 4.85. The quantitative estimate of drug-likeness (QED) is 0.482. The Morgan fingerprint density at radius 2 is 2.10 bits per heavy atom. The van der Waals surface area contributed by atoms with Gasteiger partial charge in [0.1, 0.15) is 17.3 Å². The van der Waals surface area contributed by atoms with Gasteiger partial charge < -0.3 is 9.47 Å². The van der Waals surface area contributed by atoms with Gasteiger partial charge in [-0.15, -0.1) is 0 Å². The van der Waals surface area contributed by atoms with Crippen molar-refractivity contribution in [2.45, 2.75) is 31.8 Å². The van der Waals surface area contributed by atoms with Crippen molar-refractivity contribution in [2.75, 3.05) is 7.11 Å². The van der Waals surface area contributed by atoms with Crippen LogP contribution in [0.1, 0.15) is 25.7 Å². The van der Waals surface area contributed by atoms with Crippen molar-refractivity contribution >= 4 is 23.3 Å². The number of nitro groups is 1. The fraction of sp³-hybridized carbons (Fsp3) is 0.538. The molecule has 0 atom stereocenters. The third-order valence-electron chi connectivity index (χ3n) is 3.49. The molecule has 2 rings (SSSR count). The van der Waals surface area contributed by atoms with Crippen LogP contribution in [0.4, 0.5) is 5.69 Å². The minimum atomic E-state index is -0.565. The van der Waals surface area contributed by atoms with E-state index in [1.807, 2.05) is 0 Å². The van der Waals surface area contributed by atoms with Gasteiger partial charge in [-0.1, -0.05) is 11.6 Å². The van der Waals surface area contributed by atoms with Crippen LogP contribution in [0.5, 0.6) is 5.88 Å². The molecular weight excluding hydrogens is 300 g/mol. The van der Waals surface area contributed by atoms with Crippen LogP contribution in [-0.2, 0) is 9.53 Å². The molecule has 0 amide bonds. The summed E-state index contributed by atoms with van der Waals surface area (Å²) in [6.07, 6.45) is 3.76. The molecule has 1 fully saturated rings. The van der Waals surface area contributed by atoms with Crippen LogP contribution in [0, 0.1) is 16.0 Å². The molecule has 1 aromatic heterocycles. The predicted octanol–water partition coefficient (Wildman–Crippen LogP) is 2.75. The summed E-state index contributed by atoms with van der Waals surface area (Å²) in [4.78, 5) is 25.3. The lowest BCUT2D eigenvalue weighted by atomic mass is 9.87. The van der Waals surface area contributed by atoms with Gasteiger partial charge in [0.15, 0.2) is 0 Å². The van der Waals surface area contributed by atoms with Gasteiger partial charge in [-0.3, -0.25) is 14.9 Å². The number of esters is 1. The van der Waals surface area contributed by atoms with Crippen LogP contribution in [0.25, 0.3) is 0 Å². The van der Waals surface area contributed by atoms with Crippen molar-refractivity contribution in [3.05, 3.63) is 27.4 Å². The summed E-state index contributed by atoms with van der Waals surface area (Å²) in [5.74, 6) is -0.0983. The number of nitrogens with zero attached hydrogens (tertiary/aromatic N) is 2. The first-order valence-electron chi connectivity index (χ1n) is 6.55. The fourth-order valence-corrected chi connectivity index (χ4v) is 2.55. The Hall–Kier alpha value is -1.89. The number of ether oxygens (including phenoxy) is 2. The highest BCUT2D eigenvalue weighted by Crippen LogP contribution is 2.31. The molecule has 0 radical (unpaired) electrons. The molecule has 21 heavy (non-hydrogen) atoms. The maximum absolute atomic E-state index is 11.4. The highest BCUT2D eigenvalue weighted by molar-refractivity contribution is 6.32. The summed E-state index contributed by atoms with van der Waals surface area (Å²) in [5, 5.41) is 10.7. The smallest absolute Gasteiger partial charge is 0.308 e. The van der Waals surface area contributed by atoms with Gasteiger partial charge in [-0.25, -0.2) is 4.98 Å². The molecule has 8 heteroatoms. The highest BCUT2D eigenvalue weighted by atomic mass is 35.5. The average Bonchev–Trinajstić information content (AvgIpc) is 2.49. The molecular formula is C13H15ClN2O5. The van der Waals surface area contributed by atoms with Crippen LogP contribution in [0.3, 0.4) is 0 Å². The van der Waals surface area contributed by atoms with Crippen molar-refractivity contribution in [2.24, 2.45) is 5.92 Å². The Morgan fingerprint density at radius 1 is 1.43 bits per heavy atom. The van der Waals surface area contributed by atoms with E-state index < -0.39 is 4.92 Å². The van der Waals surface area contributed by atoms with Crippen LogP contribution in [-0.4, -0.2) is 29.1 Å². The Balaban J connectivity index is 1.95. The zero-order valence-corrected chi connectivity index (χ0v) is 12.2. The molecule has 0 N–H and O–H groups in total. The third kappa shape index (κ3) is 3.81. The summed E-state index contributed by atoms with van der Waals surface area (Å²) < 4.78 is 10.4. The summed E-state index contributed by atoms with van der Waals surface area (Å²) in [7, 11) is 1.38. The average molecular weight is 315 g/mol.